The second-order valence-corrected chi connectivity index (χ2v) is 7.03. The number of fused-ring (bicyclic) bond motifs is 1. The van der Waals surface area contributed by atoms with Crippen LogP contribution < -0.4 is 10.9 Å². The molecule has 7 nitrogen and oxygen atoms in total. The summed E-state index contributed by atoms with van der Waals surface area (Å²) < 4.78 is 0. The highest BCUT2D eigenvalue weighted by atomic mass is 16.4. The molecule has 24 heavy (non-hydrogen) atoms. The van der Waals surface area contributed by atoms with E-state index in [4.69, 9.17) is 0 Å². The number of rotatable bonds is 3. The van der Waals surface area contributed by atoms with Gasteiger partial charge in [0.1, 0.15) is 0 Å². The molecule has 1 saturated carbocycles. The number of carbonyl (C=O) groups excluding carboxylic acids is 1. The molecule has 2 amide bonds. The molecule has 2 heterocycles. The van der Waals surface area contributed by atoms with Gasteiger partial charge in [0.25, 0.3) is 5.56 Å². The maximum Gasteiger partial charge on any atom is 0.317 e. The first-order chi connectivity index (χ1) is 11.3. The number of pyridine rings is 1. The zero-order chi connectivity index (χ0) is 17.5. The van der Waals surface area contributed by atoms with Gasteiger partial charge in [-0.05, 0) is 44.2 Å². The number of carbonyl (C=O) groups is 2. The number of aryl methyl sites for hydroxylation is 2. The number of likely N-dealkylation sites (tertiary alicyclic amines) is 1. The number of H-pyrrole nitrogens is 1. The van der Waals surface area contributed by atoms with Crippen molar-refractivity contribution in [3.8, 4) is 0 Å². The maximum atomic E-state index is 12.4. The number of nitrogens with one attached hydrogen (secondary N) is 2. The fourth-order valence-electron chi connectivity index (χ4n) is 4.17. The number of carboxylic acids is 1. The van der Waals surface area contributed by atoms with Crippen LogP contribution in [0.3, 0.4) is 0 Å². The van der Waals surface area contributed by atoms with Crippen LogP contribution in [0.5, 0.6) is 0 Å². The molecule has 1 aliphatic heterocycles. The number of aromatic nitrogens is 1. The minimum atomic E-state index is -0.800. The summed E-state index contributed by atoms with van der Waals surface area (Å²) >= 11 is 0. The minimum Gasteiger partial charge on any atom is -0.481 e. The lowest BCUT2D eigenvalue weighted by atomic mass is 9.81. The highest BCUT2D eigenvalue weighted by Crippen LogP contribution is 2.48. The van der Waals surface area contributed by atoms with Gasteiger partial charge in [-0.25, -0.2) is 4.79 Å². The molecule has 7 heteroatoms. The molecular formula is C17H23N3O4. The van der Waals surface area contributed by atoms with Crippen molar-refractivity contribution in [1.29, 1.82) is 0 Å². The number of hydrogen-bond donors (Lipinski definition) is 3. The number of amides is 2. The lowest BCUT2D eigenvalue weighted by molar-refractivity contribution is -0.149. The third-order valence-electron chi connectivity index (χ3n) is 5.49. The SMILES string of the molecule is Cc1cc(C)c(CNC(=O)N2C[C@@H]3CCC[C@@]3(C(=O)O)C2)c(=O)[nH]1. The lowest BCUT2D eigenvalue weighted by Gasteiger charge is -2.23. The second kappa shape index (κ2) is 5.96. The van der Waals surface area contributed by atoms with Gasteiger partial charge in [-0.3, -0.25) is 9.59 Å². The molecule has 0 spiro atoms. The zero-order valence-electron chi connectivity index (χ0n) is 14.0. The van der Waals surface area contributed by atoms with Crippen LogP contribution in [0.1, 0.15) is 36.1 Å². The first-order valence-corrected chi connectivity index (χ1v) is 8.29. The van der Waals surface area contributed by atoms with Crippen molar-refractivity contribution in [3.63, 3.8) is 0 Å². The van der Waals surface area contributed by atoms with E-state index >= 15 is 0 Å². The van der Waals surface area contributed by atoms with Crippen molar-refractivity contribution in [2.45, 2.75) is 39.7 Å². The van der Waals surface area contributed by atoms with Gasteiger partial charge in [0, 0.05) is 24.3 Å². The molecule has 2 aliphatic rings. The molecule has 3 N–H and O–H groups in total. The Balaban J connectivity index is 1.67. The van der Waals surface area contributed by atoms with Crippen LogP contribution in [0.2, 0.25) is 0 Å². The lowest BCUT2D eigenvalue weighted by Crippen LogP contribution is -2.42. The summed E-state index contributed by atoms with van der Waals surface area (Å²) in [5.41, 5.74) is 1.16. The van der Waals surface area contributed by atoms with E-state index in [0.717, 1.165) is 24.1 Å². The van der Waals surface area contributed by atoms with E-state index in [-0.39, 0.29) is 30.6 Å². The van der Waals surface area contributed by atoms with Gasteiger partial charge in [0.05, 0.1) is 12.0 Å². The highest BCUT2D eigenvalue weighted by molar-refractivity contribution is 5.80. The number of aromatic amines is 1. The van der Waals surface area contributed by atoms with Crippen LogP contribution in [0.15, 0.2) is 10.9 Å². The summed E-state index contributed by atoms with van der Waals surface area (Å²) in [6, 6.07) is 1.56. The molecule has 2 fully saturated rings. The van der Waals surface area contributed by atoms with E-state index in [9.17, 15) is 19.5 Å². The van der Waals surface area contributed by atoms with Gasteiger partial charge in [-0.1, -0.05) is 6.42 Å². The summed E-state index contributed by atoms with van der Waals surface area (Å²) in [4.78, 5) is 40.4. The van der Waals surface area contributed by atoms with Crippen LogP contribution in [-0.4, -0.2) is 40.1 Å². The van der Waals surface area contributed by atoms with Crippen LogP contribution in [0.25, 0.3) is 0 Å². The number of urea groups is 1. The van der Waals surface area contributed by atoms with Gasteiger partial charge in [-0.2, -0.15) is 0 Å². The van der Waals surface area contributed by atoms with E-state index in [2.05, 4.69) is 10.3 Å². The van der Waals surface area contributed by atoms with Gasteiger partial charge in [0.2, 0.25) is 0 Å². The summed E-state index contributed by atoms with van der Waals surface area (Å²) in [6.45, 7) is 4.51. The maximum absolute atomic E-state index is 12.4. The first-order valence-electron chi connectivity index (χ1n) is 8.29. The molecule has 0 aromatic carbocycles. The quantitative estimate of drug-likeness (QED) is 0.778. The van der Waals surface area contributed by atoms with Gasteiger partial charge >= 0.3 is 12.0 Å². The average molecular weight is 333 g/mol. The third-order valence-corrected chi connectivity index (χ3v) is 5.49. The second-order valence-electron chi connectivity index (χ2n) is 7.03. The highest BCUT2D eigenvalue weighted by Gasteiger charge is 2.55. The molecular weight excluding hydrogens is 310 g/mol. The molecule has 130 valence electrons. The molecule has 1 aliphatic carbocycles. The number of nitrogens with zero attached hydrogens (tertiary/aromatic N) is 1. The van der Waals surface area contributed by atoms with Crippen molar-refractivity contribution in [2.24, 2.45) is 11.3 Å². The standard InChI is InChI=1S/C17H23N3O4/c1-10-6-11(2)19-14(21)13(10)7-18-16(24)20-8-12-4-3-5-17(12,9-20)15(22)23/h6,12H,3-5,7-9H2,1-2H3,(H,18,24)(H,19,21)(H,22,23)/t12-,17+/m0/s1. The average Bonchev–Trinajstić information content (AvgIpc) is 3.03. The molecule has 1 aromatic rings. The monoisotopic (exact) mass is 333 g/mol. The molecule has 0 unspecified atom stereocenters. The van der Waals surface area contributed by atoms with Crippen molar-refractivity contribution in [2.75, 3.05) is 13.1 Å². The predicted molar refractivity (Wildman–Crippen MR) is 87.8 cm³/mol. The molecule has 0 radical (unpaired) electrons. The largest absolute Gasteiger partial charge is 0.481 e. The van der Waals surface area contributed by atoms with Crippen LogP contribution >= 0.6 is 0 Å². The van der Waals surface area contributed by atoms with Crippen molar-refractivity contribution in [1.82, 2.24) is 15.2 Å². The van der Waals surface area contributed by atoms with E-state index < -0.39 is 11.4 Å². The molecule has 2 atom stereocenters. The first kappa shape index (κ1) is 16.5. The van der Waals surface area contributed by atoms with Crippen LogP contribution in [0, 0.1) is 25.2 Å². The van der Waals surface area contributed by atoms with Crippen LogP contribution in [-0.2, 0) is 11.3 Å². The smallest absolute Gasteiger partial charge is 0.317 e. The normalized spacial score (nSPS) is 25.6. The van der Waals surface area contributed by atoms with E-state index in [0.29, 0.717) is 18.5 Å². The van der Waals surface area contributed by atoms with Crippen LogP contribution in [0.4, 0.5) is 4.79 Å². The van der Waals surface area contributed by atoms with Crippen molar-refractivity contribution in [3.05, 3.63) is 33.2 Å². The Bertz CT molecular complexity index is 742. The van der Waals surface area contributed by atoms with Gasteiger partial charge in [0.15, 0.2) is 0 Å². The minimum absolute atomic E-state index is 0.0327. The Morgan fingerprint density at radius 2 is 2.21 bits per heavy atom. The molecule has 0 bridgehead atoms. The van der Waals surface area contributed by atoms with E-state index in [1.54, 1.807) is 4.90 Å². The molecule has 3 rings (SSSR count). The van der Waals surface area contributed by atoms with Crippen molar-refractivity contribution >= 4 is 12.0 Å². The summed E-state index contributed by atoms with van der Waals surface area (Å²) in [5.74, 6) is -0.767. The van der Waals surface area contributed by atoms with Gasteiger partial charge in [-0.15, -0.1) is 0 Å². The summed E-state index contributed by atoms with van der Waals surface area (Å²) in [5, 5.41) is 12.3. The fourth-order valence-corrected chi connectivity index (χ4v) is 4.17. The fraction of sp³-hybridized carbons (Fsp3) is 0.588. The Morgan fingerprint density at radius 1 is 1.46 bits per heavy atom. The van der Waals surface area contributed by atoms with E-state index in [1.165, 1.54) is 0 Å². The molecule has 1 aromatic heterocycles. The Labute approximate surface area is 140 Å². The Kier molecular flexibility index (Phi) is 4.11. The Hall–Kier alpha value is -2.31. The number of hydrogen-bond acceptors (Lipinski definition) is 3. The summed E-state index contributed by atoms with van der Waals surface area (Å²) in [6.07, 6.45) is 2.39. The third kappa shape index (κ3) is 2.68. The predicted octanol–water partition coefficient (Wildman–Crippen LogP) is 1.39. The topological polar surface area (TPSA) is 102 Å². The number of aliphatic carboxylic acids is 1. The number of carboxylic acid groups (broad SMARTS) is 1. The van der Waals surface area contributed by atoms with E-state index in [1.807, 2.05) is 19.9 Å². The van der Waals surface area contributed by atoms with Crippen molar-refractivity contribution < 1.29 is 14.7 Å². The zero-order valence-corrected chi connectivity index (χ0v) is 14.0. The summed E-state index contributed by atoms with van der Waals surface area (Å²) in [7, 11) is 0. The van der Waals surface area contributed by atoms with Gasteiger partial charge < -0.3 is 20.3 Å². The Morgan fingerprint density at radius 3 is 2.83 bits per heavy atom. The molecule has 1 saturated heterocycles.